The molecule has 0 saturated carbocycles. The fourth-order valence-corrected chi connectivity index (χ4v) is 1.67. The molecule has 1 aromatic heterocycles. The highest BCUT2D eigenvalue weighted by molar-refractivity contribution is 6.30. The quantitative estimate of drug-likeness (QED) is 0.724. The predicted octanol–water partition coefficient (Wildman–Crippen LogP) is 0.716. The molecule has 0 atom stereocenters. The molecule has 0 radical (unpaired) electrons. The van der Waals surface area contributed by atoms with Crippen molar-refractivity contribution in [3.05, 3.63) is 52.9 Å². The van der Waals surface area contributed by atoms with Crippen molar-refractivity contribution in [2.45, 2.75) is 6.42 Å². The van der Waals surface area contributed by atoms with Crippen LogP contribution in [-0.2, 0) is 11.2 Å². The van der Waals surface area contributed by atoms with Gasteiger partial charge in [-0.1, -0.05) is 23.7 Å². The lowest BCUT2D eigenvalue weighted by atomic mass is 10.1. The van der Waals surface area contributed by atoms with Gasteiger partial charge in [-0.25, -0.2) is 9.97 Å². The summed E-state index contributed by atoms with van der Waals surface area (Å²) in [5.74, 6) is -1.03. The average Bonchev–Trinajstić information content (AvgIpc) is 2.48. The predicted molar refractivity (Wildman–Crippen MR) is 77.2 cm³/mol. The van der Waals surface area contributed by atoms with E-state index in [1.54, 1.807) is 24.3 Å². The minimum Gasteiger partial charge on any atom is -0.382 e. The van der Waals surface area contributed by atoms with Crippen molar-refractivity contribution in [3.63, 3.8) is 0 Å². The molecule has 1 heterocycles. The van der Waals surface area contributed by atoms with Crippen molar-refractivity contribution in [2.24, 2.45) is 0 Å². The second-order valence-corrected chi connectivity index (χ2v) is 4.53. The van der Waals surface area contributed by atoms with Crippen LogP contribution < -0.4 is 16.6 Å². The van der Waals surface area contributed by atoms with Gasteiger partial charge in [0.2, 0.25) is 5.91 Å². The highest BCUT2D eigenvalue weighted by Crippen LogP contribution is 2.09. The van der Waals surface area contributed by atoms with E-state index in [9.17, 15) is 9.59 Å². The molecule has 0 aliphatic heterocycles. The number of nitrogens with one attached hydrogen (secondary N) is 2. The zero-order valence-electron chi connectivity index (χ0n) is 10.8. The minimum absolute atomic E-state index is 0.0121. The molecule has 2 amide bonds. The lowest BCUT2D eigenvalue weighted by Gasteiger charge is -2.07. The molecule has 0 spiro atoms. The topological polar surface area (TPSA) is 110 Å². The first kappa shape index (κ1) is 14.7. The third-order valence-corrected chi connectivity index (χ3v) is 2.79. The lowest BCUT2D eigenvalue weighted by Crippen LogP contribution is -2.43. The first-order valence-electron chi connectivity index (χ1n) is 5.96. The molecule has 0 unspecified atom stereocenters. The van der Waals surface area contributed by atoms with Gasteiger partial charge >= 0.3 is 0 Å². The Bertz CT molecular complexity index is 660. The summed E-state index contributed by atoms with van der Waals surface area (Å²) in [6.07, 6.45) is 2.80. The molecular weight excluding hydrogens is 294 g/mol. The molecule has 108 valence electrons. The zero-order chi connectivity index (χ0) is 15.2. The number of hydrogen-bond acceptors (Lipinski definition) is 5. The number of halogens is 1. The van der Waals surface area contributed by atoms with E-state index in [4.69, 9.17) is 17.3 Å². The maximum absolute atomic E-state index is 11.7. The summed E-state index contributed by atoms with van der Waals surface area (Å²) >= 11 is 5.75. The Morgan fingerprint density at radius 3 is 2.43 bits per heavy atom. The summed E-state index contributed by atoms with van der Waals surface area (Å²) in [6, 6.07) is 6.82. The number of anilines is 1. The van der Waals surface area contributed by atoms with Crippen molar-refractivity contribution in [2.75, 3.05) is 5.73 Å². The minimum atomic E-state index is -0.634. The fraction of sp³-hybridized carbons (Fsp3) is 0.0769. The van der Waals surface area contributed by atoms with Gasteiger partial charge in [0.15, 0.2) is 11.5 Å². The molecule has 0 aliphatic rings. The summed E-state index contributed by atoms with van der Waals surface area (Å²) in [4.78, 5) is 31.0. The van der Waals surface area contributed by atoms with Crippen molar-refractivity contribution >= 4 is 29.2 Å². The number of rotatable bonds is 3. The first-order valence-corrected chi connectivity index (χ1v) is 6.34. The van der Waals surface area contributed by atoms with Gasteiger partial charge in [-0.2, -0.15) is 0 Å². The van der Waals surface area contributed by atoms with E-state index in [0.29, 0.717) is 5.02 Å². The summed E-state index contributed by atoms with van der Waals surface area (Å²) in [6.45, 7) is 0. The van der Waals surface area contributed by atoms with Gasteiger partial charge in [0.05, 0.1) is 6.42 Å². The van der Waals surface area contributed by atoms with Crippen LogP contribution in [0.25, 0.3) is 0 Å². The second-order valence-electron chi connectivity index (χ2n) is 4.10. The number of aromatic nitrogens is 2. The van der Waals surface area contributed by atoms with Crippen LogP contribution in [0.3, 0.4) is 0 Å². The normalized spacial score (nSPS) is 9.95. The van der Waals surface area contributed by atoms with Crippen LogP contribution in [0.15, 0.2) is 36.7 Å². The fourth-order valence-electron chi connectivity index (χ4n) is 1.54. The number of hydrazine groups is 1. The smallest absolute Gasteiger partial charge is 0.292 e. The maximum Gasteiger partial charge on any atom is 0.292 e. The molecule has 8 heteroatoms. The Hall–Kier alpha value is -2.67. The molecule has 0 aliphatic carbocycles. The number of amides is 2. The van der Waals surface area contributed by atoms with Crippen LogP contribution in [-0.4, -0.2) is 21.8 Å². The van der Waals surface area contributed by atoms with Crippen molar-refractivity contribution < 1.29 is 9.59 Å². The highest BCUT2D eigenvalue weighted by atomic mass is 35.5. The van der Waals surface area contributed by atoms with E-state index in [-0.39, 0.29) is 23.8 Å². The summed E-state index contributed by atoms with van der Waals surface area (Å²) in [7, 11) is 0. The number of nitrogens with two attached hydrogens (primary N) is 1. The highest BCUT2D eigenvalue weighted by Gasteiger charge is 2.12. The Labute approximate surface area is 125 Å². The van der Waals surface area contributed by atoms with E-state index in [1.165, 1.54) is 12.4 Å². The van der Waals surface area contributed by atoms with Gasteiger partial charge in [0.25, 0.3) is 5.91 Å². The van der Waals surface area contributed by atoms with Crippen molar-refractivity contribution in [1.29, 1.82) is 0 Å². The third kappa shape index (κ3) is 4.15. The van der Waals surface area contributed by atoms with Gasteiger partial charge in [0.1, 0.15) is 0 Å². The second kappa shape index (κ2) is 6.67. The molecule has 0 bridgehead atoms. The SMILES string of the molecule is Nc1nccnc1C(=O)NNC(=O)Cc1ccc(Cl)cc1. The van der Waals surface area contributed by atoms with Crippen LogP contribution in [0.4, 0.5) is 5.82 Å². The van der Waals surface area contributed by atoms with Gasteiger partial charge in [0, 0.05) is 17.4 Å². The maximum atomic E-state index is 11.7. The molecule has 2 rings (SSSR count). The average molecular weight is 306 g/mol. The van der Waals surface area contributed by atoms with Crippen molar-refractivity contribution in [3.8, 4) is 0 Å². The molecule has 4 N–H and O–H groups in total. The number of hydrogen-bond donors (Lipinski definition) is 3. The lowest BCUT2D eigenvalue weighted by molar-refractivity contribution is -0.121. The van der Waals surface area contributed by atoms with E-state index < -0.39 is 5.91 Å². The number of carbonyl (C=O) groups excluding carboxylic acids is 2. The molecule has 21 heavy (non-hydrogen) atoms. The molecule has 0 saturated heterocycles. The van der Waals surface area contributed by atoms with Gasteiger partial charge in [-0.05, 0) is 17.7 Å². The van der Waals surface area contributed by atoms with Crippen LogP contribution in [0.5, 0.6) is 0 Å². The Kier molecular flexibility index (Phi) is 4.68. The van der Waals surface area contributed by atoms with Crippen LogP contribution in [0, 0.1) is 0 Å². The monoisotopic (exact) mass is 305 g/mol. The number of benzene rings is 1. The molecule has 0 fully saturated rings. The largest absolute Gasteiger partial charge is 0.382 e. The van der Waals surface area contributed by atoms with Crippen LogP contribution in [0.1, 0.15) is 16.1 Å². The summed E-state index contributed by atoms with van der Waals surface area (Å²) in [5, 5.41) is 0.589. The number of carbonyl (C=O) groups is 2. The summed E-state index contributed by atoms with van der Waals surface area (Å²) < 4.78 is 0. The number of nitrogen functional groups attached to an aromatic ring is 1. The first-order chi connectivity index (χ1) is 10.1. The van der Waals surface area contributed by atoms with Crippen LogP contribution in [0.2, 0.25) is 5.02 Å². The Morgan fingerprint density at radius 1 is 1.10 bits per heavy atom. The Balaban J connectivity index is 1.88. The number of nitrogens with zero attached hydrogens (tertiary/aromatic N) is 2. The van der Waals surface area contributed by atoms with Crippen LogP contribution >= 0.6 is 11.6 Å². The van der Waals surface area contributed by atoms with Gasteiger partial charge in [-0.3, -0.25) is 20.4 Å². The summed E-state index contributed by atoms with van der Waals surface area (Å²) in [5.41, 5.74) is 10.7. The molecule has 1 aromatic carbocycles. The van der Waals surface area contributed by atoms with E-state index in [2.05, 4.69) is 20.8 Å². The van der Waals surface area contributed by atoms with Gasteiger partial charge < -0.3 is 5.73 Å². The Morgan fingerprint density at radius 2 is 1.76 bits per heavy atom. The van der Waals surface area contributed by atoms with E-state index in [0.717, 1.165) is 5.56 Å². The van der Waals surface area contributed by atoms with E-state index in [1.807, 2.05) is 0 Å². The molecule has 7 nitrogen and oxygen atoms in total. The van der Waals surface area contributed by atoms with Gasteiger partial charge in [-0.15, -0.1) is 0 Å². The zero-order valence-corrected chi connectivity index (χ0v) is 11.6. The molecule has 2 aromatic rings. The van der Waals surface area contributed by atoms with Crippen molar-refractivity contribution in [1.82, 2.24) is 20.8 Å². The van der Waals surface area contributed by atoms with E-state index >= 15 is 0 Å². The third-order valence-electron chi connectivity index (χ3n) is 2.54. The standard InChI is InChI=1S/C13H12ClN5O2/c14-9-3-1-8(2-4-9)7-10(20)18-19-13(21)11-12(15)17-6-5-16-11/h1-6H,7H2,(H2,15,17)(H,18,20)(H,19,21). The molecular formula is C13H12ClN5O2.